The third kappa shape index (κ3) is 3.41. The molecule has 0 spiro atoms. The van der Waals surface area contributed by atoms with Gasteiger partial charge in [-0.1, -0.05) is 34.1 Å². The maximum absolute atomic E-state index is 12.9. The second-order valence-corrected chi connectivity index (χ2v) is 5.95. The van der Waals surface area contributed by atoms with Gasteiger partial charge in [-0.15, -0.1) is 0 Å². The van der Waals surface area contributed by atoms with E-state index in [9.17, 15) is 22.8 Å². The van der Waals surface area contributed by atoms with E-state index in [-0.39, 0.29) is 21.2 Å². The van der Waals surface area contributed by atoms with Crippen molar-refractivity contribution in [2.24, 2.45) is 0 Å². The number of halogens is 4. The Morgan fingerprint density at radius 3 is 2.48 bits per heavy atom. The first kappa shape index (κ1) is 17.2. The molecule has 25 heavy (non-hydrogen) atoms. The lowest BCUT2D eigenvalue weighted by Crippen LogP contribution is -2.19. The highest BCUT2D eigenvalue weighted by atomic mass is 79.9. The monoisotopic (exact) mass is 411 g/mol. The smallest absolute Gasteiger partial charge is 0.321 e. The Morgan fingerprint density at radius 2 is 1.80 bits per heavy atom. The average Bonchev–Trinajstić information content (AvgIpc) is 2.56. The van der Waals surface area contributed by atoms with E-state index in [4.69, 9.17) is 0 Å². The van der Waals surface area contributed by atoms with Gasteiger partial charge in [-0.05, 0) is 24.3 Å². The number of H-pyrrole nitrogens is 1. The molecule has 1 amide bonds. The standard InChI is InChI=1S/C16H9BrF3N3O2/c17-12-6-5-8(7-11(12)16(18,19)20)21-15(25)13-9-3-1-2-4-10(9)14(24)23-22-13/h1-7H,(H,21,25)(H,23,24). The third-order valence-electron chi connectivity index (χ3n) is 3.44. The molecule has 0 radical (unpaired) electrons. The van der Waals surface area contributed by atoms with Crippen LogP contribution in [0, 0.1) is 0 Å². The molecule has 0 aliphatic heterocycles. The summed E-state index contributed by atoms with van der Waals surface area (Å²) in [7, 11) is 0. The fourth-order valence-electron chi connectivity index (χ4n) is 2.30. The normalized spacial score (nSPS) is 11.5. The maximum Gasteiger partial charge on any atom is 0.417 e. The molecule has 1 aromatic heterocycles. The molecule has 3 aromatic rings. The van der Waals surface area contributed by atoms with Gasteiger partial charge >= 0.3 is 6.18 Å². The maximum atomic E-state index is 12.9. The van der Waals surface area contributed by atoms with Crippen molar-refractivity contribution in [1.82, 2.24) is 10.2 Å². The van der Waals surface area contributed by atoms with Crippen LogP contribution in [-0.2, 0) is 6.18 Å². The van der Waals surface area contributed by atoms with Crippen molar-refractivity contribution in [1.29, 1.82) is 0 Å². The summed E-state index contributed by atoms with van der Waals surface area (Å²) in [6.07, 6.45) is -4.57. The van der Waals surface area contributed by atoms with Gasteiger partial charge in [-0.25, -0.2) is 5.10 Å². The summed E-state index contributed by atoms with van der Waals surface area (Å²) in [4.78, 5) is 24.1. The van der Waals surface area contributed by atoms with Crippen LogP contribution >= 0.6 is 15.9 Å². The van der Waals surface area contributed by atoms with Crippen LogP contribution in [0.15, 0.2) is 51.7 Å². The second kappa shape index (κ2) is 6.32. The minimum atomic E-state index is -4.57. The minimum Gasteiger partial charge on any atom is -0.321 e. The SMILES string of the molecule is O=C(Nc1ccc(Br)c(C(F)(F)F)c1)c1n[nH]c(=O)c2ccccc12. The number of aromatic nitrogens is 2. The van der Waals surface area contributed by atoms with E-state index in [1.807, 2.05) is 0 Å². The van der Waals surface area contributed by atoms with Crippen molar-refractivity contribution in [3.63, 3.8) is 0 Å². The van der Waals surface area contributed by atoms with Crippen molar-refractivity contribution < 1.29 is 18.0 Å². The first-order chi connectivity index (χ1) is 11.8. The van der Waals surface area contributed by atoms with Gasteiger partial charge in [-0.2, -0.15) is 18.3 Å². The predicted octanol–water partition coefficient (Wildman–Crippen LogP) is 3.96. The number of nitrogens with zero attached hydrogens (tertiary/aromatic N) is 1. The molecule has 1 heterocycles. The molecule has 0 aliphatic carbocycles. The molecular formula is C16H9BrF3N3O2. The van der Waals surface area contributed by atoms with E-state index >= 15 is 0 Å². The minimum absolute atomic E-state index is 0.0439. The van der Waals surface area contributed by atoms with Gasteiger partial charge in [0.2, 0.25) is 0 Å². The summed E-state index contributed by atoms with van der Waals surface area (Å²) in [5, 5.41) is 8.84. The number of hydrogen-bond acceptors (Lipinski definition) is 3. The van der Waals surface area contributed by atoms with Crippen LogP contribution in [0.2, 0.25) is 0 Å². The van der Waals surface area contributed by atoms with Crippen LogP contribution in [0.4, 0.5) is 18.9 Å². The summed E-state index contributed by atoms with van der Waals surface area (Å²) in [5.74, 6) is -0.733. The summed E-state index contributed by atoms with van der Waals surface area (Å²) in [6, 6.07) is 9.65. The lowest BCUT2D eigenvalue weighted by molar-refractivity contribution is -0.138. The first-order valence-corrected chi connectivity index (χ1v) is 7.72. The van der Waals surface area contributed by atoms with Crippen LogP contribution in [0.5, 0.6) is 0 Å². The van der Waals surface area contributed by atoms with E-state index in [1.54, 1.807) is 12.1 Å². The molecule has 0 saturated carbocycles. The molecule has 128 valence electrons. The number of rotatable bonds is 2. The van der Waals surface area contributed by atoms with E-state index in [1.165, 1.54) is 24.3 Å². The Morgan fingerprint density at radius 1 is 1.12 bits per heavy atom. The number of anilines is 1. The molecule has 5 nitrogen and oxygen atoms in total. The summed E-state index contributed by atoms with van der Waals surface area (Å²) in [6.45, 7) is 0. The van der Waals surface area contributed by atoms with Gasteiger partial charge in [-0.3, -0.25) is 9.59 Å². The summed E-state index contributed by atoms with van der Waals surface area (Å²) < 4.78 is 38.7. The number of aromatic amines is 1. The number of alkyl halides is 3. The molecular weight excluding hydrogens is 403 g/mol. The number of nitrogens with one attached hydrogen (secondary N) is 2. The zero-order valence-electron chi connectivity index (χ0n) is 12.3. The Hall–Kier alpha value is -2.68. The Labute approximate surface area is 147 Å². The fraction of sp³-hybridized carbons (Fsp3) is 0.0625. The largest absolute Gasteiger partial charge is 0.417 e. The summed E-state index contributed by atoms with van der Waals surface area (Å²) in [5.41, 5.74) is -1.51. The molecule has 3 rings (SSSR count). The highest BCUT2D eigenvalue weighted by Crippen LogP contribution is 2.36. The van der Waals surface area contributed by atoms with E-state index in [0.29, 0.717) is 5.39 Å². The molecule has 0 atom stereocenters. The van der Waals surface area contributed by atoms with Gasteiger partial charge in [0.1, 0.15) is 0 Å². The van der Waals surface area contributed by atoms with Crippen molar-refractivity contribution in [2.45, 2.75) is 6.18 Å². The zero-order valence-corrected chi connectivity index (χ0v) is 13.9. The zero-order chi connectivity index (χ0) is 18.2. The lowest BCUT2D eigenvalue weighted by atomic mass is 10.1. The molecule has 2 aromatic carbocycles. The highest BCUT2D eigenvalue weighted by molar-refractivity contribution is 9.10. The van der Waals surface area contributed by atoms with Crippen LogP contribution in [0.25, 0.3) is 10.8 Å². The van der Waals surface area contributed by atoms with Crippen molar-refractivity contribution in [3.8, 4) is 0 Å². The average molecular weight is 412 g/mol. The molecule has 0 fully saturated rings. The number of hydrogen-bond donors (Lipinski definition) is 2. The Kier molecular flexibility index (Phi) is 4.34. The number of carbonyl (C=O) groups is 1. The highest BCUT2D eigenvalue weighted by Gasteiger charge is 2.33. The number of amides is 1. The lowest BCUT2D eigenvalue weighted by Gasteiger charge is -2.12. The Balaban J connectivity index is 1.99. The Bertz CT molecular complexity index is 1030. The molecule has 2 N–H and O–H groups in total. The first-order valence-electron chi connectivity index (χ1n) is 6.93. The quantitative estimate of drug-likeness (QED) is 0.670. The number of carbonyl (C=O) groups excluding carboxylic acids is 1. The molecule has 0 unspecified atom stereocenters. The van der Waals surface area contributed by atoms with Crippen molar-refractivity contribution in [3.05, 3.63) is 68.5 Å². The molecule has 0 bridgehead atoms. The van der Waals surface area contributed by atoms with Crippen LogP contribution < -0.4 is 10.9 Å². The fourth-order valence-corrected chi connectivity index (χ4v) is 2.77. The van der Waals surface area contributed by atoms with E-state index < -0.39 is 23.2 Å². The molecule has 0 aliphatic rings. The molecule has 0 saturated heterocycles. The van der Waals surface area contributed by atoms with Gasteiger partial charge < -0.3 is 5.32 Å². The predicted molar refractivity (Wildman–Crippen MR) is 89.5 cm³/mol. The van der Waals surface area contributed by atoms with E-state index in [0.717, 1.165) is 6.07 Å². The van der Waals surface area contributed by atoms with Crippen LogP contribution in [0.3, 0.4) is 0 Å². The van der Waals surface area contributed by atoms with Crippen LogP contribution in [0.1, 0.15) is 16.1 Å². The van der Waals surface area contributed by atoms with Gasteiger partial charge in [0.15, 0.2) is 5.69 Å². The van der Waals surface area contributed by atoms with Gasteiger partial charge in [0.25, 0.3) is 11.5 Å². The summed E-state index contributed by atoms with van der Waals surface area (Å²) >= 11 is 2.83. The van der Waals surface area contributed by atoms with Crippen LogP contribution in [-0.4, -0.2) is 16.1 Å². The molecule has 9 heteroatoms. The second-order valence-electron chi connectivity index (χ2n) is 5.09. The van der Waals surface area contributed by atoms with E-state index in [2.05, 4.69) is 31.4 Å². The van der Waals surface area contributed by atoms with Crippen molar-refractivity contribution in [2.75, 3.05) is 5.32 Å². The third-order valence-corrected chi connectivity index (χ3v) is 4.13. The number of fused-ring (bicyclic) bond motifs is 1. The van der Waals surface area contributed by atoms with Gasteiger partial charge in [0.05, 0.1) is 10.9 Å². The van der Waals surface area contributed by atoms with Gasteiger partial charge in [0, 0.05) is 15.5 Å². The number of benzene rings is 2. The topological polar surface area (TPSA) is 74.8 Å². The van der Waals surface area contributed by atoms with Crippen molar-refractivity contribution >= 4 is 38.3 Å².